The summed E-state index contributed by atoms with van der Waals surface area (Å²) in [5.41, 5.74) is -2.42. The minimum absolute atomic E-state index is 0.0671. The molecule has 4 nitrogen and oxygen atoms in total. The number of alkyl halides is 3. The van der Waals surface area contributed by atoms with Gasteiger partial charge in [-0.2, -0.15) is 13.2 Å². The quantitative estimate of drug-likeness (QED) is 0.591. The number of hydrogen-bond acceptors (Lipinski definition) is 5. The maximum Gasteiger partial charge on any atom is 0.479 e. The summed E-state index contributed by atoms with van der Waals surface area (Å²) in [5.74, 6) is -0.0422. The van der Waals surface area contributed by atoms with Crippen LogP contribution in [0.4, 0.5) is 13.2 Å². The molecular weight excluding hydrogens is 343 g/mol. The van der Waals surface area contributed by atoms with Gasteiger partial charge in [-0.05, 0) is 43.0 Å². The van der Waals surface area contributed by atoms with Crippen molar-refractivity contribution in [1.82, 2.24) is 4.90 Å². The Balaban J connectivity index is 1.73. The third-order valence-corrected chi connectivity index (χ3v) is 4.78. The van der Waals surface area contributed by atoms with Gasteiger partial charge in [0.1, 0.15) is 5.75 Å². The lowest BCUT2D eigenvalue weighted by atomic mass is 9.87. The molecule has 1 saturated carbocycles. The summed E-state index contributed by atoms with van der Waals surface area (Å²) in [6.45, 7) is 3.66. The van der Waals surface area contributed by atoms with Gasteiger partial charge >= 0.3 is 11.5 Å². The molecule has 0 amide bonds. The summed E-state index contributed by atoms with van der Waals surface area (Å²) in [6.07, 6.45) is 1.93. The van der Waals surface area contributed by atoms with E-state index < -0.39 is 17.6 Å². The van der Waals surface area contributed by atoms with Crippen molar-refractivity contribution in [3.8, 4) is 5.75 Å². The fraction of sp³-hybridized carbons (Fsp3) is 0.562. The Hall–Kier alpha value is -1.41. The van der Waals surface area contributed by atoms with Crippen molar-refractivity contribution in [3.63, 3.8) is 0 Å². The first kappa shape index (κ1) is 17.4. The highest BCUT2D eigenvalue weighted by Crippen LogP contribution is 2.53. The third-order valence-electron chi connectivity index (χ3n) is 4.32. The molecule has 1 aliphatic carbocycles. The zero-order chi connectivity index (χ0) is 17.4. The SMILES string of the molecule is CCOC(=O)CN1Cc2ccc(OSC(F)(F)F)cc2C2(CC2)C1. The first-order chi connectivity index (χ1) is 11.3. The van der Waals surface area contributed by atoms with Gasteiger partial charge in [-0.3, -0.25) is 9.69 Å². The monoisotopic (exact) mass is 361 g/mol. The third kappa shape index (κ3) is 3.97. The maximum absolute atomic E-state index is 12.3. The van der Waals surface area contributed by atoms with E-state index in [1.165, 1.54) is 0 Å². The molecule has 0 radical (unpaired) electrons. The highest BCUT2D eigenvalue weighted by atomic mass is 32.2. The first-order valence-corrected chi connectivity index (χ1v) is 8.49. The summed E-state index contributed by atoms with van der Waals surface area (Å²) in [6, 6.07) is 5.04. The number of rotatable bonds is 5. The molecule has 3 rings (SSSR count). The molecule has 1 aromatic carbocycles. The Labute approximate surface area is 142 Å². The van der Waals surface area contributed by atoms with E-state index in [1.54, 1.807) is 25.1 Å². The molecular formula is C16H18F3NO3S. The molecule has 1 aromatic rings. The van der Waals surface area contributed by atoms with Gasteiger partial charge in [-0.15, -0.1) is 0 Å². The van der Waals surface area contributed by atoms with Gasteiger partial charge < -0.3 is 8.92 Å². The summed E-state index contributed by atoms with van der Waals surface area (Å²) >= 11 is -0.499. The lowest BCUT2D eigenvalue weighted by Crippen LogP contribution is -2.41. The van der Waals surface area contributed by atoms with Crippen LogP contribution in [0.2, 0.25) is 0 Å². The van der Waals surface area contributed by atoms with Crippen LogP contribution in [-0.2, 0) is 21.5 Å². The molecule has 0 unspecified atom stereocenters. The van der Waals surface area contributed by atoms with Crippen molar-refractivity contribution < 1.29 is 26.9 Å². The molecule has 0 saturated heterocycles. The van der Waals surface area contributed by atoms with Crippen LogP contribution in [0.1, 0.15) is 30.9 Å². The van der Waals surface area contributed by atoms with Crippen LogP contribution in [0.5, 0.6) is 5.75 Å². The van der Waals surface area contributed by atoms with Crippen molar-refractivity contribution in [2.24, 2.45) is 0 Å². The molecule has 1 fully saturated rings. The Bertz CT molecular complexity index is 631. The zero-order valence-corrected chi connectivity index (χ0v) is 14.0. The Morgan fingerprint density at radius 3 is 2.75 bits per heavy atom. The number of benzene rings is 1. The minimum atomic E-state index is -4.43. The molecule has 8 heteroatoms. The van der Waals surface area contributed by atoms with Crippen molar-refractivity contribution >= 4 is 18.0 Å². The van der Waals surface area contributed by atoms with Gasteiger partial charge in [0.05, 0.1) is 13.2 Å². The number of nitrogens with zero attached hydrogens (tertiary/aromatic N) is 1. The van der Waals surface area contributed by atoms with Gasteiger partial charge in [0.2, 0.25) is 0 Å². The zero-order valence-electron chi connectivity index (χ0n) is 13.2. The fourth-order valence-corrected chi connectivity index (χ4v) is 3.52. The lowest BCUT2D eigenvalue weighted by Gasteiger charge is -2.34. The summed E-state index contributed by atoms with van der Waals surface area (Å²) < 4.78 is 46.6. The number of carbonyl (C=O) groups excluding carboxylic acids is 1. The van der Waals surface area contributed by atoms with Crippen LogP contribution < -0.4 is 4.18 Å². The molecule has 132 valence electrons. The fourth-order valence-electron chi connectivity index (χ4n) is 3.22. The van der Waals surface area contributed by atoms with E-state index in [0.29, 0.717) is 19.7 Å². The van der Waals surface area contributed by atoms with Gasteiger partial charge in [0.25, 0.3) is 0 Å². The highest BCUT2D eigenvalue weighted by molar-refractivity contribution is 7.95. The average Bonchev–Trinajstić information content (AvgIpc) is 3.25. The number of hydrogen-bond donors (Lipinski definition) is 0. The standard InChI is InChI=1S/C16H18F3NO3S/c1-2-22-14(21)9-20-8-11-3-4-12(23-24-16(17,18)19)7-13(11)15(10-20)5-6-15/h3-4,7H,2,5-6,8-10H2,1H3. The number of carbonyl (C=O) groups is 1. The van der Waals surface area contributed by atoms with E-state index in [1.807, 2.05) is 4.90 Å². The van der Waals surface area contributed by atoms with Crippen molar-refractivity contribution in [3.05, 3.63) is 29.3 Å². The van der Waals surface area contributed by atoms with E-state index in [2.05, 4.69) is 0 Å². The number of fused-ring (bicyclic) bond motifs is 2. The molecule has 1 spiro atoms. The minimum Gasteiger partial charge on any atom is -0.465 e. The second-order valence-corrected chi connectivity index (χ2v) is 6.96. The van der Waals surface area contributed by atoms with E-state index >= 15 is 0 Å². The van der Waals surface area contributed by atoms with Crippen molar-refractivity contribution in [2.75, 3.05) is 19.7 Å². The van der Waals surface area contributed by atoms with Gasteiger partial charge in [-0.25, -0.2) is 0 Å². The Morgan fingerprint density at radius 2 is 2.12 bits per heavy atom. The predicted octanol–water partition coefficient (Wildman–Crippen LogP) is 3.64. The molecule has 0 aromatic heterocycles. The molecule has 24 heavy (non-hydrogen) atoms. The smallest absolute Gasteiger partial charge is 0.465 e. The number of ether oxygens (including phenoxy) is 1. The largest absolute Gasteiger partial charge is 0.479 e. The highest BCUT2D eigenvalue weighted by Gasteiger charge is 2.49. The molecule has 0 bridgehead atoms. The topological polar surface area (TPSA) is 38.8 Å². The maximum atomic E-state index is 12.3. The Kier molecular flexibility index (Phi) is 4.70. The van der Waals surface area contributed by atoms with Crippen LogP contribution in [-0.4, -0.2) is 36.1 Å². The molecule has 2 aliphatic rings. The number of esters is 1. The van der Waals surface area contributed by atoms with Crippen molar-refractivity contribution in [2.45, 2.75) is 37.2 Å². The van der Waals surface area contributed by atoms with Crippen LogP contribution in [0.3, 0.4) is 0 Å². The normalized spacial score (nSPS) is 19.0. The summed E-state index contributed by atoms with van der Waals surface area (Å²) in [5, 5.41) is 0. The van der Waals surface area contributed by atoms with Crippen LogP contribution in [0.15, 0.2) is 18.2 Å². The number of halogens is 3. The van der Waals surface area contributed by atoms with Crippen LogP contribution >= 0.6 is 12.0 Å². The van der Waals surface area contributed by atoms with Crippen molar-refractivity contribution in [1.29, 1.82) is 0 Å². The molecule has 0 atom stereocenters. The van der Waals surface area contributed by atoms with E-state index in [-0.39, 0.29) is 23.7 Å². The average molecular weight is 361 g/mol. The van der Waals surface area contributed by atoms with Crippen LogP contribution in [0, 0.1) is 0 Å². The molecule has 1 aliphatic heterocycles. The molecule has 0 N–H and O–H groups in total. The van der Waals surface area contributed by atoms with E-state index in [4.69, 9.17) is 8.92 Å². The van der Waals surface area contributed by atoms with Crippen LogP contribution in [0.25, 0.3) is 0 Å². The lowest BCUT2D eigenvalue weighted by molar-refractivity contribution is -0.144. The van der Waals surface area contributed by atoms with Gasteiger partial charge in [-0.1, -0.05) is 6.07 Å². The first-order valence-electron chi connectivity index (χ1n) is 7.75. The second kappa shape index (κ2) is 6.48. The summed E-state index contributed by atoms with van der Waals surface area (Å²) in [4.78, 5) is 13.7. The van der Waals surface area contributed by atoms with E-state index in [9.17, 15) is 18.0 Å². The second-order valence-electron chi connectivity index (χ2n) is 6.16. The Morgan fingerprint density at radius 1 is 1.38 bits per heavy atom. The molecule has 1 heterocycles. The van der Waals surface area contributed by atoms with Gasteiger partial charge in [0.15, 0.2) is 12.0 Å². The predicted molar refractivity (Wildman–Crippen MR) is 83.5 cm³/mol. The van der Waals surface area contributed by atoms with Gasteiger partial charge in [0, 0.05) is 18.5 Å². The summed E-state index contributed by atoms with van der Waals surface area (Å²) in [7, 11) is 0. The van der Waals surface area contributed by atoms with E-state index in [0.717, 1.165) is 24.0 Å².